The molecule has 0 fully saturated rings. The first-order valence-electron chi connectivity index (χ1n) is 9.20. The summed E-state index contributed by atoms with van der Waals surface area (Å²) < 4.78 is 18.5. The van der Waals surface area contributed by atoms with E-state index in [0.29, 0.717) is 29.2 Å². The van der Waals surface area contributed by atoms with Crippen molar-refractivity contribution in [2.24, 2.45) is 5.92 Å². The number of nitrogens with zero attached hydrogens (tertiary/aromatic N) is 5. The van der Waals surface area contributed by atoms with Gasteiger partial charge >= 0.3 is 0 Å². The Hall–Kier alpha value is -3.07. The zero-order valence-electron chi connectivity index (χ0n) is 16.4. The number of benzene rings is 1. The van der Waals surface area contributed by atoms with Crippen molar-refractivity contribution in [3.63, 3.8) is 0 Å². The summed E-state index contributed by atoms with van der Waals surface area (Å²) in [6.45, 7) is 5.09. The van der Waals surface area contributed by atoms with E-state index in [1.807, 2.05) is 36.4 Å². The van der Waals surface area contributed by atoms with Crippen LogP contribution in [0.4, 0.5) is 0 Å². The Morgan fingerprint density at radius 2 is 1.90 bits per heavy atom. The van der Waals surface area contributed by atoms with Crippen LogP contribution in [0.25, 0.3) is 23.0 Å². The van der Waals surface area contributed by atoms with Gasteiger partial charge in [-0.25, -0.2) is 0 Å². The van der Waals surface area contributed by atoms with Crippen molar-refractivity contribution in [3.8, 4) is 28.8 Å². The molecule has 3 aromatic heterocycles. The van der Waals surface area contributed by atoms with Crippen molar-refractivity contribution < 1.29 is 13.6 Å². The number of hydrogen-bond donors (Lipinski definition) is 0. The fraction of sp³-hybridized carbons (Fsp3) is 0.300. The van der Waals surface area contributed by atoms with E-state index in [2.05, 4.69) is 38.8 Å². The summed E-state index contributed by atoms with van der Waals surface area (Å²) in [7, 11) is 1.63. The molecule has 0 bridgehead atoms. The Labute approximate surface area is 172 Å². The van der Waals surface area contributed by atoms with Crippen molar-refractivity contribution in [1.82, 2.24) is 25.0 Å². The molecule has 8 nitrogen and oxygen atoms in total. The minimum Gasteiger partial charge on any atom is -0.497 e. The lowest BCUT2D eigenvalue weighted by Crippen LogP contribution is -2.07. The van der Waals surface area contributed by atoms with E-state index in [4.69, 9.17) is 13.6 Å². The zero-order valence-corrected chi connectivity index (χ0v) is 17.2. The lowest BCUT2D eigenvalue weighted by atomic mass is 10.2. The van der Waals surface area contributed by atoms with Crippen molar-refractivity contribution in [1.29, 1.82) is 0 Å². The quantitative estimate of drug-likeness (QED) is 0.390. The van der Waals surface area contributed by atoms with Crippen molar-refractivity contribution >= 4 is 11.8 Å². The highest BCUT2D eigenvalue weighted by Gasteiger charge is 2.18. The second-order valence-electron chi connectivity index (χ2n) is 6.81. The molecule has 0 aliphatic carbocycles. The molecule has 150 valence electrons. The molecule has 0 spiro atoms. The van der Waals surface area contributed by atoms with Crippen molar-refractivity contribution in [2.45, 2.75) is 31.3 Å². The molecule has 4 aromatic rings. The third-order valence-corrected chi connectivity index (χ3v) is 5.09. The summed E-state index contributed by atoms with van der Waals surface area (Å²) in [5, 5.41) is 17.7. The number of hydrogen-bond acceptors (Lipinski definition) is 8. The van der Waals surface area contributed by atoms with Crippen LogP contribution in [-0.2, 0) is 12.3 Å². The highest BCUT2D eigenvalue weighted by molar-refractivity contribution is 7.98. The predicted molar refractivity (Wildman–Crippen MR) is 108 cm³/mol. The molecule has 0 radical (unpaired) electrons. The minimum atomic E-state index is 0.434. The second-order valence-corrected chi connectivity index (χ2v) is 7.75. The number of thioether (sulfide) groups is 1. The summed E-state index contributed by atoms with van der Waals surface area (Å²) in [6, 6.07) is 11.2. The van der Waals surface area contributed by atoms with Crippen molar-refractivity contribution in [3.05, 3.63) is 48.6 Å². The van der Waals surface area contributed by atoms with Gasteiger partial charge in [-0.15, -0.1) is 20.4 Å². The number of aromatic nitrogens is 5. The van der Waals surface area contributed by atoms with Gasteiger partial charge in [0.2, 0.25) is 11.8 Å². The standard InChI is InChI=1S/C20H21N5O3S/c1-13(2)11-25-18(16-5-4-10-27-16)22-24-20(25)29-12-17-21-23-19(28-17)14-6-8-15(26-3)9-7-14/h4-10,13H,11-12H2,1-3H3. The van der Waals surface area contributed by atoms with Gasteiger partial charge in [0.25, 0.3) is 0 Å². The Kier molecular flexibility index (Phi) is 5.66. The average Bonchev–Trinajstić information content (AvgIpc) is 3.47. The van der Waals surface area contributed by atoms with E-state index in [1.165, 1.54) is 11.8 Å². The van der Waals surface area contributed by atoms with Crippen molar-refractivity contribution in [2.75, 3.05) is 7.11 Å². The van der Waals surface area contributed by atoms with Crippen LogP contribution in [0.1, 0.15) is 19.7 Å². The minimum absolute atomic E-state index is 0.434. The lowest BCUT2D eigenvalue weighted by molar-refractivity contribution is 0.415. The molecular formula is C20H21N5O3S. The smallest absolute Gasteiger partial charge is 0.247 e. The van der Waals surface area contributed by atoms with Gasteiger partial charge in [0.05, 0.1) is 19.1 Å². The van der Waals surface area contributed by atoms with Gasteiger partial charge < -0.3 is 13.6 Å². The Balaban J connectivity index is 1.50. The molecule has 0 unspecified atom stereocenters. The van der Waals surface area contributed by atoms with E-state index >= 15 is 0 Å². The van der Waals surface area contributed by atoms with Crippen LogP contribution in [0.5, 0.6) is 5.75 Å². The molecule has 0 aliphatic rings. The molecule has 4 rings (SSSR count). The molecular weight excluding hydrogens is 390 g/mol. The maximum atomic E-state index is 5.81. The monoisotopic (exact) mass is 411 g/mol. The second kappa shape index (κ2) is 8.52. The molecule has 0 N–H and O–H groups in total. The average molecular weight is 411 g/mol. The van der Waals surface area contributed by atoms with Gasteiger partial charge in [-0.2, -0.15) is 0 Å². The first-order valence-corrected chi connectivity index (χ1v) is 10.2. The summed E-state index contributed by atoms with van der Waals surface area (Å²) in [6.07, 6.45) is 1.63. The topological polar surface area (TPSA) is 92.0 Å². The molecule has 0 aliphatic heterocycles. The van der Waals surface area contributed by atoms with Gasteiger partial charge in [0.1, 0.15) is 5.75 Å². The molecule has 0 saturated carbocycles. The number of ether oxygens (including phenoxy) is 1. The molecule has 3 heterocycles. The molecule has 29 heavy (non-hydrogen) atoms. The molecule has 0 saturated heterocycles. The van der Waals surface area contributed by atoms with E-state index in [1.54, 1.807) is 13.4 Å². The summed E-state index contributed by atoms with van der Waals surface area (Å²) in [4.78, 5) is 0. The van der Waals surface area contributed by atoms with Gasteiger partial charge in [-0.05, 0) is 42.3 Å². The van der Waals surface area contributed by atoms with Gasteiger partial charge in [-0.3, -0.25) is 4.57 Å². The van der Waals surface area contributed by atoms with Gasteiger partial charge in [-0.1, -0.05) is 25.6 Å². The van der Waals surface area contributed by atoms with E-state index in [9.17, 15) is 0 Å². The third kappa shape index (κ3) is 4.34. The fourth-order valence-corrected chi connectivity index (χ4v) is 3.59. The highest BCUT2D eigenvalue weighted by atomic mass is 32.2. The lowest BCUT2D eigenvalue weighted by Gasteiger charge is -2.10. The van der Waals surface area contributed by atoms with E-state index < -0.39 is 0 Å². The van der Waals surface area contributed by atoms with Crippen LogP contribution in [0.2, 0.25) is 0 Å². The number of rotatable bonds is 8. The van der Waals surface area contributed by atoms with Crippen LogP contribution >= 0.6 is 11.8 Å². The van der Waals surface area contributed by atoms with Gasteiger partial charge in [0, 0.05) is 12.1 Å². The van der Waals surface area contributed by atoms with Crippen LogP contribution in [-0.4, -0.2) is 32.1 Å². The first kappa shape index (κ1) is 19.3. The SMILES string of the molecule is COc1ccc(-c2nnc(CSc3nnc(-c4ccco4)n3CC(C)C)o2)cc1. The number of methoxy groups -OCH3 is 1. The van der Waals surface area contributed by atoms with E-state index in [0.717, 1.165) is 28.8 Å². The fourth-order valence-electron chi connectivity index (χ4n) is 2.80. The third-order valence-electron chi connectivity index (χ3n) is 4.13. The highest BCUT2D eigenvalue weighted by Crippen LogP contribution is 2.28. The summed E-state index contributed by atoms with van der Waals surface area (Å²) in [5.41, 5.74) is 0.845. The summed E-state index contributed by atoms with van der Waals surface area (Å²) in [5.74, 6) is 4.13. The Morgan fingerprint density at radius 1 is 1.07 bits per heavy atom. The van der Waals surface area contributed by atoms with Crippen LogP contribution < -0.4 is 4.74 Å². The van der Waals surface area contributed by atoms with Gasteiger partial charge in [0.15, 0.2) is 16.7 Å². The normalized spacial score (nSPS) is 11.3. The zero-order chi connectivity index (χ0) is 20.2. The number of furan rings is 1. The maximum absolute atomic E-state index is 5.81. The largest absolute Gasteiger partial charge is 0.497 e. The maximum Gasteiger partial charge on any atom is 0.247 e. The van der Waals surface area contributed by atoms with Crippen LogP contribution in [0, 0.1) is 5.92 Å². The van der Waals surface area contributed by atoms with Crippen LogP contribution in [0.3, 0.4) is 0 Å². The van der Waals surface area contributed by atoms with E-state index in [-0.39, 0.29) is 0 Å². The Bertz CT molecular complexity index is 1050. The molecule has 9 heteroatoms. The van der Waals surface area contributed by atoms with Crippen LogP contribution in [0.15, 0.2) is 56.7 Å². The molecule has 1 aromatic carbocycles. The first-order chi connectivity index (χ1) is 14.1. The predicted octanol–water partition coefficient (Wildman–Crippen LogP) is 4.55. The Morgan fingerprint density at radius 3 is 2.59 bits per heavy atom. The summed E-state index contributed by atoms with van der Waals surface area (Å²) >= 11 is 1.51. The molecule has 0 atom stereocenters. The molecule has 0 amide bonds.